The molecule has 0 saturated heterocycles. The van der Waals surface area contributed by atoms with Crippen molar-refractivity contribution in [3.63, 3.8) is 0 Å². The summed E-state index contributed by atoms with van der Waals surface area (Å²) in [6, 6.07) is 21.1. The molecule has 2 amide bonds. The Morgan fingerprint density at radius 1 is 0.921 bits per heavy atom. The summed E-state index contributed by atoms with van der Waals surface area (Å²) >= 11 is 5.94. The third kappa shape index (κ3) is 9.54. The van der Waals surface area contributed by atoms with Crippen molar-refractivity contribution >= 4 is 23.4 Å². The van der Waals surface area contributed by atoms with Gasteiger partial charge in [-0.2, -0.15) is 0 Å². The van der Waals surface area contributed by atoms with Gasteiger partial charge in [0.25, 0.3) is 5.91 Å². The highest BCUT2D eigenvalue weighted by molar-refractivity contribution is 6.30. The average Bonchev–Trinajstić information content (AvgIpc) is 3.34. The highest BCUT2D eigenvalue weighted by Crippen LogP contribution is 2.16. The number of rotatable bonds is 15. The number of hydrogen-bond acceptors (Lipinski definition) is 4. The first kappa shape index (κ1) is 29.3. The van der Waals surface area contributed by atoms with Gasteiger partial charge in [0.05, 0.1) is 19.7 Å². The standard InChI is InChI=1S/C30H38ClN3O4/c1-24(2)15-17-33(30(36)23-38-28-13-11-26(31)12-14-28)22-29(35)34(18-19-37-3)21-27-10-7-16-32(27)20-25-8-5-4-6-9-25/h4-14,16,24H,15,17-23H2,1-3H3. The Bertz CT molecular complexity index is 1130. The lowest BCUT2D eigenvalue weighted by molar-refractivity contribution is -0.142. The Morgan fingerprint density at radius 2 is 1.66 bits per heavy atom. The first-order valence-corrected chi connectivity index (χ1v) is 13.3. The van der Waals surface area contributed by atoms with Gasteiger partial charge in [0.1, 0.15) is 5.75 Å². The van der Waals surface area contributed by atoms with Crippen molar-refractivity contribution in [3.8, 4) is 5.75 Å². The molecule has 0 aliphatic heterocycles. The highest BCUT2D eigenvalue weighted by Gasteiger charge is 2.23. The van der Waals surface area contributed by atoms with Crippen molar-refractivity contribution in [3.05, 3.63) is 89.2 Å². The predicted molar refractivity (Wildman–Crippen MR) is 150 cm³/mol. The zero-order valence-electron chi connectivity index (χ0n) is 22.5. The highest BCUT2D eigenvalue weighted by atomic mass is 35.5. The summed E-state index contributed by atoms with van der Waals surface area (Å²) in [5.41, 5.74) is 2.20. The molecule has 1 heterocycles. The van der Waals surface area contributed by atoms with Crippen LogP contribution < -0.4 is 4.74 Å². The Kier molecular flexibility index (Phi) is 11.7. The molecule has 0 fully saturated rings. The monoisotopic (exact) mass is 539 g/mol. The summed E-state index contributed by atoms with van der Waals surface area (Å²) < 4.78 is 13.1. The van der Waals surface area contributed by atoms with E-state index in [1.165, 1.54) is 5.56 Å². The first-order chi connectivity index (χ1) is 18.4. The van der Waals surface area contributed by atoms with E-state index in [1.807, 2.05) is 36.5 Å². The minimum absolute atomic E-state index is 0.0152. The van der Waals surface area contributed by atoms with E-state index in [0.717, 1.165) is 18.7 Å². The maximum atomic E-state index is 13.5. The van der Waals surface area contributed by atoms with Gasteiger partial charge >= 0.3 is 0 Å². The molecule has 1 aromatic heterocycles. The van der Waals surface area contributed by atoms with E-state index in [1.54, 1.807) is 41.2 Å². The van der Waals surface area contributed by atoms with Gasteiger partial charge in [-0.1, -0.05) is 55.8 Å². The number of carbonyl (C=O) groups is 2. The first-order valence-electron chi connectivity index (χ1n) is 13.0. The molecule has 0 N–H and O–H groups in total. The van der Waals surface area contributed by atoms with Crippen LogP contribution in [0.25, 0.3) is 0 Å². The van der Waals surface area contributed by atoms with Crippen molar-refractivity contribution in [1.29, 1.82) is 0 Å². The average molecular weight is 540 g/mol. The fourth-order valence-corrected chi connectivity index (χ4v) is 4.08. The van der Waals surface area contributed by atoms with E-state index in [2.05, 4.69) is 30.5 Å². The van der Waals surface area contributed by atoms with Gasteiger partial charge in [0, 0.05) is 43.7 Å². The molecular formula is C30H38ClN3O4. The van der Waals surface area contributed by atoms with Crippen molar-refractivity contribution in [2.75, 3.05) is 40.0 Å². The molecular weight excluding hydrogens is 502 g/mol. The quantitative estimate of drug-likeness (QED) is 0.269. The van der Waals surface area contributed by atoms with Gasteiger partial charge < -0.3 is 23.8 Å². The van der Waals surface area contributed by atoms with Crippen LogP contribution in [0.5, 0.6) is 5.75 Å². The van der Waals surface area contributed by atoms with E-state index in [0.29, 0.717) is 42.9 Å². The molecule has 38 heavy (non-hydrogen) atoms. The maximum Gasteiger partial charge on any atom is 0.260 e. The Labute approximate surface area is 230 Å². The van der Waals surface area contributed by atoms with Crippen molar-refractivity contribution < 1.29 is 19.1 Å². The van der Waals surface area contributed by atoms with Crippen LogP contribution in [0.1, 0.15) is 31.5 Å². The lowest BCUT2D eigenvalue weighted by atomic mass is 10.1. The molecule has 8 heteroatoms. The van der Waals surface area contributed by atoms with Crippen LogP contribution in [0.3, 0.4) is 0 Å². The minimum Gasteiger partial charge on any atom is -0.484 e. The second-order valence-corrected chi connectivity index (χ2v) is 10.1. The van der Waals surface area contributed by atoms with Crippen LogP contribution in [0, 0.1) is 5.92 Å². The molecule has 0 bridgehead atoms. The van der Waals surface area contributed by atoms with Gasteiger partial charge in [-0.15, -0.1) is 0 Å². The summed E-state index contributed by atoms with van der Waals surface area (Å²) in [6.45, 7) is 6.50. The minimum atomic E-state index is -0.229. The maximum absolute atomic E-state index is 13.5. The third-order valence-corrected chi connectivity index (χ3v) is 6.47. The molecule has 0 spiro atoms. The second-order valence-electron chi connectivity index (χ2n) is 9.66. The lowest BCUT2D eigenvalue weighted by Gasteiger charge is -2.28. The van der Waals surface area contributed by atoms with Crippen LogP contribution in [0.4, 0.5) is 0 Å². The van der Waals surface area contributed by atoms with Gasteiger partial charge in [0.2, 0.25) is 5.91 Å². The smallest absolute Gasteiger partial charge is 0.260 e. The number of carbonyl (C=O) groups excluding carboxylic acids is 2. The van der Waals surface area contributed by atoms with Gasteiger partial charge in [-0.25, -0.2) is 0 Å². The summed E-state index contributed by atoms with van der Waals surface area (Å²) in [4.78, 5) is 30.0. The number of hydrogen-bond donors (Lipinski definition) is 0. The number of amides is 2. The molecule has 3 aromatic rings. The van der Waals surface area contributed by atoms with E-state index in [4.69, 9.17) is 21.1 Å². The molecule has 204 valence electrons. The van der Waals surface area contributed by atoms with Crippen LogP contribution in [0.15, 0.2) is 72.9 Å². The number of ether oxygens (including phenoxy) is 2. The summed E-state index contributed by atoms with van der Waals surface area (Å²) in [5.74, 6) is 0.591. The topological polar surface area (TPSA) is 64.0 Å². The number of methoxy groups -OCH3 is 1. The zero-order valence-corrected chi connectivity index (χ0v) is 23.3. The Balaban J connectivity index is 1.69. The number of nitrogens with zero attached hydrogens (tertiary/aromatic N) is 3. The van der Waals surface area contributed by atoms with Gasteiger partial charge in [-0.3, -0.25) is 9.59 Å². The largest absolute Gasteiger partial charge is 0.484 e. The number of halogens is 1. The van der Waals surface area contributed by atoms with Crippen LogP contribution in [0.2, 0.25) is 5.02 Å². The second kappa shape index (κ2) is 15.2. The van der Waals surface area contributed by atoms with Crippen LogP contribution in [-0.2, 0) is 27.4 Å². The molecule has 2 aromatic carbocycles. The third-order valence-electron chi connectivity index (χ3n) is 6.22. The normalized spacial score (nSPS) is 11.0. The number of benzene rings is 2. The molecule has 0 atom stereocenters. The van der Waals surface area contributed by atoms with E-state index in [9.17, 15) is 9.59 Å². The molecule has 0 aliphatic carbocycles. The lowest BCUT2D eigenvalue weighted by Crippen LogP contribution is -2.45. The van der Waals surface area contributed by atoms with Crippen molar-refractivity contribution in [2.24, 2.45) is 5.92 Å². The molecule has 7 nitrogen and oxygen atoms in total. The summed E-state index contributed by atoms with van der Waals surface area (Å²) in [6.07, 6.45) is 2.81. The molecule has 0 aliphatic rings. The molecule has 0 radical (unpaired) electrons. The van der Waals surface area contributed by atoms with Gasteiger partial charge in [0.15, 0.2) is 6.61 Å². The Morgan fingerprint density at radius 3 is 2.34 bits per heavy atom. The van der Waals surface area contributed by atoms with Gasteiger partial charge in [-0.05, 0) is 54.3 Å². The fraction of sp³-hybridized carbons (Fsp3) is 0.400. The van der Waals surface area contributed by atoms with E-state index < -0.39 is 0 Å². The fourth-order valence-electron chi connectivity index (χ4n) is 3.95. The molecule has 3 rings (SSSR count). The number of aromatic nitrogens is 1. The zero-order chi connectivity index (χ0) is 27.3. The van der Waals surface area contributed by atoms with Crippen LogP contribution >= 0.6 is 11.6 Å². The Hall–Kier alpha value is -3.29. The summed E-state index contributed by atoms with van der Waals surface area (Å²) in [7, 11) is 1.62. The predicted octanol–water partition coefficient (Wildman–Crippen LogP) is 5.12. The van der Waals surface area contributed by atoms with Crippen molar-refractivity contribution in [1.82, 2.24) is 14.4 Å². The molecule has 0 unspecified atom stereocenters. The van der Waals surface area contributed by atoms with E-state index in [-0.39, 0.29) is 25.0 Å². The van der Waals surface area contributed by atoms with Crippen molar-refractivity contribution in [2.45, 2.75) is 33.4 Å². The van der Waals surface area contributed by atoms with E-state index >= 15 is 0 Å². The SMILES string of the molecule is COCCN(Cc1cccn1Cc1ccccc1)C(=O)CN(CCC(C)C)C(=O)COc1ccc(Cl)cc1. The summed E-state index contributed by atoms with van der Waals surface area (Å²) in [5, 5.41) is 0.596. The molecule has 0 saturated carbocycles. The van der Waals surface area contributed by atoms with Crippen LogP contribution in [-0.4, -0.2) is 66.1 Å².